The van der Waals surface area contributed by atoms with Gasteiger partial charge < -0.3 is 5.32 Å². The zero-order valence-corrected chi connectivity index (χ0v) is 11.9. The first-order valence-corrected chi connectivity index (χ1v) is 7.10. The first-order chi connectivity index (χ1) is 8.63. The molecule has 18 heavy (non-hydrogen) atoms. The van der Waals surface area contributed by atoms with Crippen LogP contribution in [-0.2, 0) is 6.42 Å². The minimum absolute atomic E-state index is 0.0794. The van der Waals surface area contributed by atoms with Crippen LogP contribution in [0.3, 0.4) is 0 Å². The lowest BCUT2D eigenvalue weighted by Crippen LogP contribution is -2.31. The van der Waals surface area contributed by atoms with Crippen molar-refractivity contribution in [2.75, 3.05) is 6.54 Å². The first kappa shape index (κ1) is 15.2. The van der Waals surface area contributed by atoms with Crippen molar-refractivity contribution in [2.45, 2.75) is 52.5 Å². The molecule has 0 radical (unpaired) electrons. The van der Waals surface area contributed by atoms with Crippen LogP contribution in [-0.4, -0.2) is 12.6 Å². The SMILES string of the molecule is CCNC(CCCC(C)C)Cc1ccccc1F. The molecule has 0 aliphatic rings. The molecule has 0 amide bonds. The largest absolute Gasteiger partial charge is 0.314 e. The number of rotatable bonds is 8. The van der Waals surface area contributed by atoms with Gasteiger partial charge in [-0.15, -0.1) is 0 Å². The highest BCUT2D eigenvalue weighted by Gasteiger charge is 2.11. The van der Waals surface area contributed by atoms with Gasteiger partial charge in [0, 0.05) is 6.04 Å². The Balaban J connectivity index is 2.49. The Bertz CT molecular complexity index is 336. The number of hydrogen-bond acceptors (Lipinski definition) is 1. The second kappa shape index (κ2) is 8.25. The highest BCUT2D eigenvalue weighted by molar-refractivity contribution is 5.18. The van der Waals surface area contributed by atoms with Crippen molar-refractivity contribution in [1.29, 1.82) is 0 Å². The average molecular weight is 251 g/mol. The van der Waals surface area contributed by atoms with Crippen LogP contribution in [0.4, 0.5) is 4.39 Å². The van der Waals surface area contributed by atoms with Crippen molar-refractivity contribution in [1.82, 2.24) is 5.32 Å². The molecule has 0 fully saturated rings. The molecule has 1 unspecified atom stereocenters. The van der Waals surface area contributed by atoms with Crippen LogP contribution in [0.5, 0.6) is 0 Å². The van der Waals surface area contributed by atoms with Gasteiger partial charge in [-0.3, -0.25) is 0 Å². The Morgan fingerprint density at radius 3 is 2.50 bits per heavy atom. The Hall–Kier alpha value is -0.890. The molecular weight excluding hydrogens is 225 g/mol. The van der Waals surface area contributed by atoms with Gasteiger partial charge in [-0.2, -0.15) is 0 Å². The van der Waals surface area contributed by atoms with Gasteiger partial charge in [0.1, 0.15) is 5.82 Å². The van der Waals surface area contributed by atoms with Crippen molar-refractivity contribution in [3.63, 3.8) is 0 Å². The Morgan fingerprint density at radius 1 is 1.17 bits per heavy atom. The predicted molar refractivity (Wildman–Crippen MR) is 76.3 cm³/mol. The molecule has 102 valence electrons. The summed E-state index contributed by atoms with van der Waals surface area (Å²) in [7, 11) is 0. The van der Waals surface area contributed by atoms with Gasteiger partial charge in [-0.05, 0) is 36.9 Å². The van der Waals surface area contributed by atoms with E-state index in [-0.39, 0.29) is 5.82 Å². The van der Waals surface area contributed by atoms with E-state index in [1.807, 2.05) is 12.1 Å². The third-order valence-corrected chi connectivity index (χ3v) is 3.25. The van der Waals surface area contributed by atoms with E-state index in [1.165, 1.54) is 12.8 Å². The van der Waals surface area contributed by atoms with E-state index in [2.05, 4.69) is 26.1 Å². The van der Waals surface area contributed by atoms with Crippen LogP contribution in [0, 0.1) is 11.7 Å². The fourth-order valence-corrected chi connectivity index (χ4v) is 2.27. The summed E-state index contributed by atoms with van der Waals surface area (Å²) in [6, 6.07) is 7.50. The van der Waals surface area contributed by atoms with Crippen LogP contribution in [0.1, 0.15) is 45.6 Å². The molecule has 1 aromatic rings. The molecule has 1 nitrogen and oxygen atoms in total. The fourth-order valence-electron chi connectivity index (χ4n) is 2.27. The van der Waals surface area contributed by atoms with Crippen molar-refractivity contribution in [3.8, 4) is 0 Å². The molecule has 0 saturated heterocycles. The minimum Gasteiger partial charge on any atom is -0.314 e. The zero-order chi connectivity index (χ0) is 13.4. The Labute approximate surface area is 111 Å². The van der Waals surface area contributed by atoms with Gasteiger partial charge in [0.25, 0.3) is 0 Å². The topological polar surface area (TPSA) is 12.0 Å². The summed E-state index contributed by atoms with van der Waals surface area (Å²) in [5.74, 6) is 0.671. The molecule has 0 aromatic heterocycles. The number of likely N-dealkylation sites (N-methyl/N-ethyl adjacent to an activating group) is 1. The molecular formula is C16H26FN. The van der Waals surface area contributed by atoms with Crippen molar-refractivity contribution in [3.05, 3.63) is 35.6 Å². The van der Waals surface area contributed by atoms with Crippen LogP contribution >= 0.6 is 0 Å². The summed E-state index contributed by atoms with van der Waals surface area (Å²) < 4.78 is 13.6. The van der Waals surface area contributed by atoms with Gasteiger partial charge in [0.05, 0.1) is 0 Å². The maximum atomic E-state index is 13.6. The molecule has 1 N–H and O–H groups in total. The Kier molecular flexibility index (Phi) is 6.96. The average Bonchev–Trinajstić information content (AvgIpc) is 2.32. The molecule has 0 bridgehead atoms. The molecule has 0 aliphatic heterocycles. The molecule has 0 heterocycles. The highest BCUT2D eigenvalue weighted by Crippen LogP contribution is 2.14. The normalized spacial score (nSPS) is 12.9. The van der Waals surface area contributed by atoms with Crippen LogP contribution in [0.15, 0.2) is 24.3 Å². The van der Waals surface area contributed by atoms with E-state index in [4.69, 9.17) is 0 Å². The van der Waals surface area contributed by atoms with Crippen LogP contribution in [0.25, 0.3) is 0 Å². The highest BCUT2D eigenvalue weighted by atomic mass is 19.1. The molecule has 0 saturated carbocycles. The zero-order valence-electron chi connectivity index (χ0n) is 11.9. The van der Waals surface area contributed by atoms with E-state index in [9.17, 15) is 4.39 Å². The second-order valence-corrected chi connectivity index (χ2v) is 5.37. The maximum absolute atomic E-state index is 13.6. The lowest BCUT2D eigenvalue weighted by atomic mass is 9.98. The van der Waals surface area contributed by atoms with E-state index in [0.29, 0.717) is 6.04 Å². The van der Waals surface area contributed by atoms with Crippen molar-refractivity contribution >= 4 is 0 Å². The van der Waals surface area contributed by atoms with Gasteiger partial charge in [0.15, 0.2) is 0 Å². The van der Waals surface area contributed by atoms with Crippen LogP contribution < -0.4 is 5.32 Å². The molecule has 2 heteroatoms. The van der Waals surface area contributed by atoms with Crippen LogP contribution in [0.2, 0.25) is 0 Å². The first-order valence-electron chi connectivity index (χ1n) is 7.10. The summed E-state index contributed by atoms with van der Waals surface area (Å²) in [4.78, 5) is 0. The third-order valence-electron chi connectivity index (χ3n) is 3.25. The van der Waals surface area contributed by atoms with Gasteiger partial charge in [-0.25, -0.2) is 4.39 Å². The molecule has 1 rings (SSSR count). The molecule has 0 spiro atoms. The minimum atomic E-state index is -0.0794. The molecule has 0 aliphatic carbocycles. The summed E-state index contributed by atoms with van der Waals surface area (Å²) in [6.07, 6.45) is 4.38. The monoisotopic (exact) mass is 251 g/mol. The number of hydrogen-bond donors (Lipinski definition) is 1. The van der Waals surface area contributed by atoms with Gasteiger partial charge in [0.2, 0.25) is 0 Å². The smallest absolute Gasteiger partial charge is 0.126 e. The van der Waals surface area contributed by atoms with E-state index in [0.717, 1.165) is 30.9 Å². The number of halogens is 1. The lowest BCUT2D eigenvalue weighted by Gasteiger charge is -2.18. The van der Waals surface area contributed by atoms with E-state index < -0.39 is 0 Å². The molecule has 1 aromatic carbocycles. The number of nitrogens with one attached hydrogen (secondary N) is 1. The standard InChI is InChI=1S/C16H26FN/c1-4-18-15(10-7-8-13(2)3)12-14-9-5-6-11-16(14)17/h5-6,9,11,13,15,18H,4,7-8,10,12H2,1-3H3. The number of benzene rings is 1. The summed E-state index contributed by atoms with van der Waals surface area (Å²) in [6.45, 7) is 7.55. The second-order valence-electron chi connectivity index (χ2n) is 5.37. The summed E-state index contributed by atoms with van der Waals surface area (Å²) in [5.41, 5.74) is 0.827. The summed E-state index contributed by atoms with van der Waals surface area (Å²) >= 11 is 0. The lowest BCUT2D eigenvalue weighted by molar-refractivity contribution is 0.436. The fraction of sp³-hybridized carbons (Fsp3) is 0.625. The van der Waals surface area contributed by atoms with Gasteiger partial charge in [-0.1, -0.05) is 51.8 Å². The predicted octanol–water partition coefficient (Wildman–Crippen LogP) is 4.17. The maximum Gasteiger partial charge on any atom is 0.126 e. The van der Waals surface area contributed by atoms with Crippen molar-refractivity contribution < 1.29 is 4.39 Å². The summed E-state index contributed by atoms with van der Waals surface area (Å²) in [5, 5.41) is 3.47. The van der Waals surface area contributed by atoms with Gasteiger partial charge >= 0.3 is 0 Å². The van der Waals surface area contributed by atoms with Crippen molar-refractivity contribution in [2.24, 2.45) is 5.92 Å². The molecule has 1 atom stereocenters. The van der Waals surface area contributed by atoms with E-state index in [1.54, 1.807) is 12.1 Å². The quantitative estimate of drug-likeness (QED) is 0.731. The van der Waals surface area contributed by atoms with E-state index >= 15 is 0 Å². The third kappa shape index (κ3) is 5.63. The Morgan fingerprint density at radius 2 is 1.89 bits per heavy atom.